The smallest absolute Gasteiger partial charge is 0.225 e. The standard InChI is InChI=1S/C18H19N3O2/c1-21(2)11-12-23-18-13-7-3-5-9-15(13)19-17(20-18)14-8-4-6-10-16(14)22/h3-10,22H,11-12H2,1-2H3. The number of ether oxygens (including phenoxy) is 1. The van der Waals surface area contributed by atoms with Crippen LogP contribution in [0.3, 0.4) is 0 Å². The molecule has 0 fully saturated rings. The lowest BCUT2D eigenvalue weighted by atomic mass is 10.1. The van der Waals surface area contributed by atoms with Crippen molar-refractivity contribution in [2.24, 2.45) is 0 Å². The number of likely N-dealkylation sites (N-methyl/N-ethyl adjacent to an activating group) is 1. The molecule has 2 aromatic carbocycles. The van der Waals surface area contributed by atoms with E-state index in [-0.39, 0.29) is 5.75 Å². The van der Waals surface area contributed by atoms with Crippen LogP contribution in [-0.4, -0.2) is 47.2 Å². The Morgan fingerprint density at radius 2 is 1.74 bits per heavy atom. The van der Waals surface area contributed by atoms with Gasteiger partial charge in [-0.25, -0.2) is 4.98 Å². The topological polar surface area (TPSA) is 58.5 Å². The number of hydrogen-bond acceptors (Lipinski definition) is 5. The van der Waals surface area contributed by atoms with Gasteiger partial charge in [-0.3, -0.25) is 0 Å². The van der Waals surface area contributed by atoms with Crippen LogP contribution in [-0.2, 0) is 0 Å². The van der Waals surface area contributed by atoms with Crippen molar-refractivity contribution < 1.29 is 9.84 Å². The van der Waals surface area contributed by atoms with Crippen molar-refractivity contribution in [3.63, 3.8) is 0 Å². The second-order valence-corrected chi connectivity index (χ2v) is 5.54. The molecule has 0 saturated heterocycles. The summed E-state index contributed by atoms with van der Waals surface area (Å²) in [6.45, 7) is 1.33. The van der Waals surface area contributed by atoms with Crippen LogP contribution in [0.4, 0.5) is 0 Å². The second-order valence-electron chi connectivity index (χ2n) is 5.54. The Kier molecular flexibility index (Phi) is 4.39. The molecule has 1 aromatic heterocycles. The summed E-state index contributed by atoms with van der Waals surface area (Å²) in [6.07, 6.45) is 0. The van der Waals surface area contributed by atoms with E-state index in [1.54, 1.807) is 18.2 Å². The van der Waals surface area contributed by atoms with Gasteiger partial charge in [-0.15, -0.1) is 0 Å². The van der Waals surface area contributed by atoms with Gasteiger partial charge in [0.2, 0.25) is 5.88 Å². The molecule has 118 valence electrons. The van der Waals surface area contributed by atoms with Crippen molar-refractivity contribution in [2.75, 3.05) is 27.2 Å². The lowest BCUT2D eigenvalue weighted by Gasteiger charge is -2.13. The van der Waals surface area contributed by atoms with Gasteiger partial charge in [0.15, 0.2) is 5.82 Å². The lowest BCUT2D eigenvalue weighted by Crippen LogP contribution is -2.19. The van der Waals surface area contributed by atoms with Crippen LogP contribution in [0.2, 0.25) is 0 Å². The van der Waals surface area contributed by atoms with Crippen molar-refractivity contribution in [3.05, 3.63) is 48.5 Å². The summed E-state index contributed by atoms with van der Waals surface area (Å²) >= 11 is 0. The number of fused-ring (bicyclic) bond motifs is 1. The van der Waals surface area contributed by atoms with E-state index in [1.807, 2.05) is 49.3 Å². The monoisotopic (exact) mass is 309 g/mol. The predicted molar refractivity (Wildman–Crippen MR) is 90.7 cm³/mol. The van der Waals surface area contributed by atoms with Crippen molar-refractivity contribution in [3.8, 4) is 23.0 Å². The minimum absolute atomic E-state index is 0.155. The zero-order valence-corrected chi connectivity index (χ0v) is 13.2. The van der Waals surface area contributed by atoms with Crippen LogP contribution in [0.25, 0.3) is 22.3 Å². The van der Waals surface area contributed by atoms with Gasteiger partial charge in [0.25, 0.3) is 0 Å². The van der Waals surface area contributed by atoms with Gasteiger partial charge >= 0.3 is 0 Å². The number of phenols is 1. The number of hydrogen-bond donors (Lipinski definition) is 1. The maximum atomic E-state index is 10.0. The van der Waals surface area contributed by atoms with Gasteiger partial charge < -0.3 is 14.7 Å². The summed E-state index contributed by atoms with van der Waals surface area (Å²) in [5, 5.41) is 10.9. The predicted octanol–water partition coefficient (Wildman–Crippen LogP) is 2.94. The van der Waals surface area contributed by atoms with Crippen molar-refractivity contribution in [1.82, 2.24) is 14.9 Å². The molecule has 23 heavy (non-hydrogen) atoms. The highest BCUT2D eigenvalue weighted by atomic mass is 16.5. The Balaban J connectivity index is 2.05. The van der Waals surface area contributed by atoms with Gasteiger partial charge in [0, 0.05) is 6.54 Å². The molecule has 3 rings (SSSR count). The Bertz CT molecular complexity index is 818. The Morgan fingerprint density at radius 1 is 1.00 bits per heavy atom. The molecule has 0 radical (unpaired) electrons. The van der Waals surface area contributed by atoms with E-state index in [4.69, 9.17) is 4.74 Å². The fourth-order valence-electron chi connectivity index (χ4n) is 2.27. The molecule has 5 nitrogen and oxygen atoms in total. The fraction of sp³-hybridized carbons (Fsp3) is 0.222. The van der Waals surface area contributed by atoms with E-state index < -0.39 is 0 Å². The zero-order chi connectivity index (χ0) is 16.2. The third-order valence-corrected chi connectivity index (χ3v) is 3.49. The minimum Gasteiger partial charge on any atom is -0.507 e. The van der Waals surface area contributed by atoms with Gasteiger partial charge in [0.05, 0.1) is 16.5 Å². The van der Waals surface area contributed by atoms with E-state index in [0.717, 1.165) is 17.4 Å². The molecule has 1 N–H and O–H groups in total. The maximum absolute atomic E-state index is 10.0. The molecule has 0 bridgehead atoms. The maximum Gasteiger partial charge on any atom is 0.225 e. The fourth-order valence-corrected chi connectivity index (χ4v) is 2.27. The van der Waals surface area contributed by atoms with Gasteiger partial charge in [-0.2, -0.15) is 4.98 Å². The van der Waals surface area contributed by atoms with E-state index in [9.17, 15) is 5.11 Å². The van der Waals surface area contributed by atoms with Crippen LogP contribution in [0.1, 0.15) is 0 Å². The van der Waals surface area contributed by atoms with E-state index in [1.165, 1.54) is 0 Å². The highest BCUT2D eigenvalue weighted by Crippen LogP contribution is 2.30. The molecule has 0 aliphatic rings. The lowest BCUT2D eigenvalue weighted by molar-refractivity contribution is 0.256. The number of nitrogens with zero attached hydrogens (tertiary/aromatic N) is 3. The Hall–Kier alpha value is -2.66. The number of para-hydroxylation sites is 2. The van der Waals surface area contributed by atoms with E-state index in [2.05, 4.69) is 9.97 Å². The van der Waals surface area contributed by atoms with Crippen molar-refractivity contribution in [1.29, 1.82) is 0 Å². The quantitative estimate of drug-likeness (QED) is 0.785. The molecular weight excluding hydrogens is 290 g/mol. The highest BCUT2D eigenvalue weighted by molar-refractivity contribution is 5.85. The molecule has 0 saturated carbocycles. The molecule has 0 aliphatic heterocycles. The first-order valence-electron chi connectivity index (χ1n) is 7.48. The Morgan fingerprint density at radius 3 is 2.52 bits per heavy atom. The van der Waals surface area contributed by atoms with Gasteiger partial charge in [0.1, 0.15) is 12.4 Å². The molecule has 0 aliphatic carbocycles. The normalized spacial score (nSPS) is 11.1. The highest BCUT2D eigenvalue weighted by Gasteiger charge is 2.12. The van der Waals surface area contributed by atoms with Crippen LogP contribution in [0.15, 0.2) is 48.5 Å². The second kappa shape index (κ2) is 6.62. The SMILES string of the molecule is CN(C)CCOc1nc(-c2ccccc2O)nc2ccccc12. The van der Waals surface area contributed by atoms with Crippen LogP contribution < -0.4 is 4.74 Å². The van der Waals surface area contributed by atoms with Crippen LogP contribution in [0.5, 0.6) is 11.6 Å². The van der Waals surface area contributed by atoms with Crippen molar-refractivity contribution >= 4 is 10.9 Å². The average Bonchev–Trinajstić information content (AvgIpc) is 2.54. The number of aromatic nitrogens is 2. The molecule has 1 heterocycles. The summed E-state index contributed by atoms with van der Waals surface area (Å²) in [4.78, 5) is 11.1. The summed E-state index contributed by atoms with van der Waals surface area (Å²) in [7, 11) is 3.99. The van der Waals surface area contributed by atoms with Gasteiger partial charge in [-0.1, -0.05) is 24.3 Å². The first-order valence-corrected chi connectivity index (χ1v) is 7.48. The number of phenolic OH excluding ortho intramolecular Hbond substituents is 1. The molecule has 5 heteroatoms. The molecular formula is C18H19N3O2. The first kappa shape index (κ1) is 15.2. The third kappa shape index (κ3) is 3.40. The summed E-state index contributed by atoms with van der Waals surface area (Å²) in [5.74, 6) is 1.15. The van der Waals surface area contributed by atoms with E-state index >= 15 is 0 Å². The number of benzene rings is 2. The van der Waals surface area contributed by atoms with E-state index in [0.29, 0.717) is 23.9 Å². The largest absolute Gasteiger partial charge is 0.507 e. The first-order chi connectivity index (χ1) is 11.1. The summed E-state index contributed by atoms with van der Waals surface area (Å²) in [6, 6.07) is 14.8. The molecule has 0 spiro atoms. The molecule has 0 atom stereocenters. The number of aromatic hydroxyl groups is 1. The Labute approximate surface area is 135 Å². The molecule has 3 aromatic rings. The third-order valence-electron chi connectivity index (χ3n) is 3.49. The zero-order valence-electron chi connectivity index (χ0n) is 13.2. The van der Waals surface area contributed by atoms with Crippen LogP contribution >= 0.6 is 0 Å². The molecule has 0 unspecified atom stereocenters. The molecule has 0 amide bonds. The van der Waals surface area contributed by atoms with Gasteiger partial charge in [-0.05, 0) is 38.4 Å². The summed E-state index contributed by atoms with van der Waals surface area (Å²) in [5.41, 5.74) is 1.39. The number of rotatable bonds is 5. The average molecular weight is 309 g/mol. The minimum atomic E-state index is 0.155. The summed E-state index contributed by atoms with van der Waals surface area (Å²) < 4.78 is 5.86. The van der Waals surface area contributed by atoms with Crippen molar-refractivity contribution in [2.45, 2.75) is 0 Å². The van der Waals surface area contributed by atoms with Crippen LogP contribution in [0, 0.1) is 0 Å².